The molecule has 0 saturated heterocycles. The molecule has 0 saturated carbocycles. The zero-order chi connectivity index (χ0) is 18.5. The van der Waals surface area contributed by atoms with Crippen LogP contribution in [0.1, 0.15) is 42.6 Å². The Bertz CT molecular complexity index is 880. The number of aryl methyl sites for hydroxylation is 1. The van der Waals surface area contributed by atoms with Crippen molar-refractivity contribution in [3.8, 4) is 0 Å². The van der Waals surface area contributed by atoms with Crippen LogP contribution < -0.4 is 10.2 Å². The van der Waals surface area contributed by atoms with Gasteiger partial charge in [-0.15, -0.1) is 0 Å². The Morgan fingerprint density at radius 1 is 1.08 bits per heavy atom. The average Bonchev–Trinajstić information content (AvgIpc) is 3.03. The molecule has 1 N–H and O–H groups in total. The summed E-state index contributed by atoms with van der Waals surface area (Å²) in [6.45, 7) is 8.49. The quantitative estimate of drug-likeness (QED) is 0.601. The first-order valence-corrected chi connectivity index (χ1v) is 9.96. The highest BCUT2D eigenvalue weighted by molar-refractivity contribution is 7.22. The normalized spacial score (nSPS) is 10.9. The summed E-state index contributed by atoms with van der Waals surface area (Å²) in [6, 6.07) is 13.9. The van der Waals surface area contributed by atoms with E-state index in [9.17, 15) is 4.79 Å². The van der Waals surface area contributed by atoms with Crippen LogP contribution in [0.25, 0.3) is 10.2 Å². The number of thiazole rings is 1. The Labute approximate surface area is 158 Å². The predicted octanol–water partition coefficient (Wildman–Crippen LogP) is 5.48. The number of aromatic nitrogens is 1. The van der Waals surface area contributed by atoms with Gasteiger partial charge in [-0.1, -0.05) is 31.3 Å². The van der Waals surface area contributed by atoms with Gasteiger partial charge < -0.3 is 4.90 Å². The van der Waals surface area contributed by atoms with Crippen molar-refractivity contribution in [2.75, 3.05) is 23.3 Å². The molecule has 0 aliphatic rings. The second-order valence-corrected chi connectivity index (χ2v) is 7.51. The van der Waals surface area contributed by atoms with Crippen LogP contribution >= 0.6 is 11.3 Å². The Morgan fingerprint density at radius 2 is 1.77 bits per heavy atom. The first kappa shape index (κ1) is 18.4. The lowest BCUT2D eigenvalue weighted by molar-refractivity contribution is 0.102. The number of carbonyl (C=O) groups excluding carboxylic acids is 1. The maximum atomic E-state index is 12.5. The molecule has 5 heteroatoms. The highest BCUT2D eigenvalue weighted by atomic mass is 32.1. The molecular weight excluding hydrogens is 342 g/mol. The fraction of sp³-hybridized carbons (Fsp3) is 0.333. The van der Waals surface area contributed by atoms with Gasteiger partial charge in [0.1, 0.15) is 0 Å². The molecule has 0 fully saturated rings. The molecule has 2 aromatic carbocycles. The Hall–Kier alpha value is -2.40. The Kier molecular flexibility index (Phi) is 5.89. The number of nitrogens with one attached hydrogen (secondary N) is 1. The lowest BCUT2D eigenvalue weighted by Gasteiger charge is -2.23. The molecule has 3 aromatic rings. The van der Waals surface area contributed by atoms with E-state index >= 15 is 0 Å². The van der Waals surface area contributed by atoms with E-state index in [0.717, 1.165) is 36.1 Å². The summed E-state index contributed by atoms with van der Waals surface area (Å²) in [4.78, 5) is 19.4. The summed E-state index contributed by atoms with van der Waals surface area (Å²) in [6.07, 6.45) is 2.22. The molecule has 1 aromatic heterocycles. The predicted molar refractivity (Wildman–Crippen MR) is 112 cm³/mol. The molecule has 1 heterocycles. The van der Waals surface area contributed by atoms with Crippen LogP contribution in [0.2, 0.25) is 0 Å². The lowest BCUT2D eigenvalue weighted by atomic mass is 10.1. The summed E-state index contributed by atoms with van der Waals surface area (Å²) in [5.41, 5.74) is 3.93. The summed E-state index contributed by atoms with van der Waals surface area (Å²) < 4.78 is 1.09. The van der Waals surface area contributed by atoms with Crippen molar-refractivity contribution in [1.29, 1.82) is 0 Å². The number of hydrogen-bond donors (Lipinski definition) is 1. The summed E-state index contributed by atoms with van der Waals surface area (Å²) in [5.74, 6) is -0.120. The number of amides is 1. The number of rotatable bonds is 7. The molecule has 1 amide bonds. The highest BCUT2D eigenvalue weighted by Crippen LogP contribution is 2.27. The van der Waals surface area contributed by atoms with E-state index in [1.54, 1.807) is 0 Å². The second-order valence-electron chi connectivity index (χ2n) is 6.48. The number of carbonyl (C=O) groups is 1. The molecule has 4 nitrogen and oxygen atoms in total. The third-order valence-corrected chi connectivity index (χ3v) is 5.18. The zero-order valence-electron chi connectivity index (χ0n) is 15.6. The number of nitrogens with zero attached hydrogens (tertiary/aromatic N) is 2. The molecule has 136 valence electrons. The van der Waals surface area contributed by atoms with Gasteiger partial charge in [0.2, 0.25) is 0 Å². The lowest BCUT2D eigenvalue weighted by Crippen LogP contribution is -2.24. The standard InChI is InChI=1S/C21H25N3OS/c1-4-12-24(13-5-2)17-9-7-16(8-10-17)20(25)23-21-22-18-11-6-15(3)14-19(18)26-21/h6-11,14H,4-5,12-13H2,1-3H3,(H,22,23,25). The molecule has 0 atom stereocenters. The molecule has 0 aliphatic carbocycles. The number of fused-ring (bicyclic) bond motifs is 1. The third-order valence-electron chi connectivity index (χ3n) is 4.25. The number of anilines is 2. The van der Waals surface area contributed by atoms with Gasteiger partial charge >= 0.3 is 0 Å². The van der Waals surface area contributed by atoms with Gasteiger partial charge in [0.15, 0.2) is 5.13 Å². The van der Waals surface area contributed by atoms with Gasteiger partial charge in [-0.25, -0.2) is 4.98 Å². The van der Waals surface area contributed by atoms with Crippen molar-refractivity contribution < 1.29 is 4.79 Å². The van der Waals surface area contributed by atoms with E-state index in [1.165, 1.54) is 22.6 Å². The largest absolute Gasteiger partial charge is 0.372 e. The van der Waals surface area contributed by atoms with Crippen LogP contribution in [-0.4, -0.2) is 24.0 Å². The number of hydrogen-bond acceptors (Lipinski definition) is 4. The van der Waals surface area contributed by atoms with Gasteiger partial charge in [-0.3, -0.25) is 10.1 Å². The SMILES string of the molecule is CCCN(CCC)c1ccc(C(=O)Nc2nc3ccc(C)cc3s2)cc1. The average molecular weight is 368 g/mol. The van der Waals surface area contributed by atoms with Crippen molar-refractivity contribution in [1.82, 2.24) is 4.98 Å². The minimum absolute atomic E-state index is 0.120. The maximum Gasteiger partial charge on any atom is 0.257 e. The first-order valence-electron chi connectivity index (χ1n) is 9.14. The number of benzene rings is 2. The fourth-order valence-corrected chi connectivity index (χ4v) is 3.95. The molecule has 0 spiro atoms. The fourth-order valence-electron chi connectivity index (χ4n) is 2.99. The van der Waals surface area contributed by atoms with Gasteiger partial charge in [0.05, 0.1) is 10.2 Å². The van der Waals surface area contributed by atoms with Crippen LogP contribution in [0, 0.1) is 6.92 Å². The van der Waals surface area contributed by atoms with Gasteiger partial charge in [-0.2, -0.15) is 0 Å². The Balaban J connectivity index is 1.72. The summed E-state index contributed by atoms with van der Waals surface area (Å²) in [5, 5.41) is 3.56. The van der Waals surface area contributed by atoms with Crippen LogP contribution in [0.5, 0.6) is 0 Å². The molecule has 0 unspecified atom stereocenters. The van der Waals surface area contributed by atoms with Crippen LogP contribution in [0.3, 0.4) is 0 Å². The van der Waals surface area contributed by atoms with Crippen molar-refractivity contribution in [3.63, 3.8) is 0 Å². The Morgan fingerprint density at radius 3 is 2.42 bits per heavy atom. The van der Waals surface area contributed by atoms with Crippen molar-refractivity contribution >= 4 is 38.3 Å². The van der Waals surface area contributed by atoms with E-state index in [0.29, 0.717) is 10.7 Å². The third kappa shape index (κ3) is 4.22. The topological polar surface area (TPSA) is 45.2 Å². The van der Waals surface area contributed by atoms with E-state index in [-0.39, 0.29) is 5.91 Å². The smallest absolute Gasteiger partial charge is 0.257 e. The van der Waals surface area contributed by atoms with Crippen molar-refractivity contribution in [2.45, 2.75) is 33.6 Å². The van der Waals surface area contributed by atoms with Crippen molar-refractivity contribution in [3.05, 3.63) is 53.6 Å². The maximum absolute atomic E-state index is 12.5. The molecule has 0 aliphatic heterocycles. The molecule has 26 heavy (non-hydrogen) atoms. The van der Waals surface area contributed by atoms with E-state index < -0.39 is 0 Å². The molecule has 3 rings (SSSR count). The highest BCUT2D eigenvalue weighted by Gasteiger charge is 2.11. The minimum atomic E-state index is -0.120. The monoisotopic (exact) mass is 367 g/mol. The zero-order valence-corrected chi connectivity index (χ0v) is 16.4. The van der Waals surface area contributed by atoms with E-state index in [2.05, 4.69) is 42.0 Å². The van der Waals surface area contributed by atoms with Crippen molar-refractivity contribution in [2.24, 2.45) is 0 Å². The molecular formula is C21H25N3OS. The summed E-state index contributed by atoms with van der Waals surface area (Å²) in [7, 11) is 0. The van der Waals surface area contributed by atoms with Crippen LogP contribution in [0.4, 0.5) is 10.8 Å². The first-order chi connectivity index (χ1) is 12.6. The minimum Gasteiger partial charge on any atom is -0.372 e. The van der Waals surface area contributed by atoms with Crippen LogP contribution in [0.15, 0.2) is 42.5 Å². The van der Waals surface area contributed by atoms with Gasteiger partial charge in [0.25, 0.3) is 5.91 Å². The summed E-state index contributed by atoms with van der Waals surface area (Å²) >= 11 is 1.50. The van der Waals surface area contributed by atoms with Crippen LogP contribution in [-0.2, 0) is 0 Å². The molecule has 0 bridgehead atoms. The van der Waals surface area contributed by atoms with E-state index in [1.807, 2.05) is 36.4 Å². The van der Waals surface area contributed by atoms with E-state index in [4.69, 9.17) is 0 Å². The molecule has 0 radical (unpaired) electrons. The van der Waals surface area contributed by atoms with Gasteiger partial charge in [0, 0.05) is 24.3 Å². The van der Waals surface area contributed by atoms with Gasteiger partial charge in [-0.05, 0) is 61.7 Å². The second kappa shape index (κ2) is 8.32.